The quantitative estimate of drug-likeness (QED) is 0.371. The minimum Gasteiger partial charge on any atom is -0.490 e. The molecule has 4 rings (SSSR count). The maximum atomic E-state index is 14.9. The zero-order chi connectivity index (χ0) is 28.4. The molecule has 0 radical (unpaired) electrons. The third-order valence-electron chi connectivity index (χ3n) is 6.00. The van der Waals surface area contributed by atoms with E-state index in [0.717, 1.165) is 23.4 Å². The van der Waals surface area contributed by atoms with Crippen LogP contribution < -0.4 is 9.46 Å². The number of piperidine rings is 1. The largest absolute Gasteiger partial charge is 0.490 e. The average molecular weight is 601 g/mol. The van der Waals surface area contributed by atoms with Crippen molar-refractivity contribution < 1.29 is 31.5 Å². The summed E-state index contributed by atoms with van der Waals surface area (Å²) in [6, 6.07) is 8.54. The van der Waals surface area contributed by atoms with Crippen LogP contribution in [-0.2, 0) is 14.8 Å². The lowest BCUT2D eigenvalue weighted by molar-refractivity contribution is 0.0110. The number of sulfonamides is 1. The van der Waals surface area contributed by atoms with Crippen molar-refractivity contribution in [2.24, 2.45) is 5.92 Å². The van der Waals surface area contributed by atoms with Gasteiger partial charge < -0.3 is 14.4 Å². The van der Waals surface area contributed by atoms with Crippen molar-refractivity contribution in [1.82, 2.24) is 14.3 Å². The summed E-state index contributed by atoms with van der Waals surface area (Å²) in [4.78, 5) is 17.1. The molecular weight excluding hydrogens is 574 g/mol. The van der Waals surface area contributed by atoms with Gasteiger partial charge in [-0.25, -0.2) is 27.0 Å². The molecule has 2 aromatic carbocycles. The third-order valence-corrected chi connectivity index (χ3v) is 8.31. The normalized spacial score (nSPS) is 18.1. The van der Waals surface area contributed by atoms with E-state index in [2.05, 4.69) is 14.1 Å². The van der Waals surface area contributed by atoms with E-state index in [9.17, 15) is 22.0 Å². The fraction of sp³-hybridized carbons (Fsp3) is 0.400. The summed E-state index contributed by atoms with van der Waals surface area (Å²) in [5, 5.41) is 0.487. The molecule has 39 heavy (non-hydrogen) atoms. The lowest BCUT2D eigenvalue weighted by Gasteiger charge is -2.39. The Morgan fingerprint density at radius 3 is 2.56 bits per heavy atom. The molecule has 0 bridgehead atoms. The highest BCUT2D eigenvalue weighted by molar-refractivity contribution is 7.93. The summed E-state index contributed by atoms with van der Waals surface area (Å²) >= 11 is 6.80. The molecule has 1 aliphatic heterocycles. The first-order valence-corrected chi connectivity index (χ1v) is 14.6. The van der Waals surface area contributed by atoms with Crippen molar-refractivity contribution in [1.29, 1.82) is 0 Å². The van der Waals surface area contributed by atoms with Crippen molar-refractivity contribution in [3.63, 3.8) is 0 Å². The highest BCUT2D eigenvalue weighted by Gasteiger charge is 2.35. The van der Waals surface area contributed by atoms with Gasteiger partial charge >= 0.3 is 6.09 Å². The van der Waals surface area contributed by atoms with E-state index >= 15 is 0 Å². The van der Waals surface area contributed by atoms with Crippen LogP contribution in [0.3, 0.4) is 0 Å². The van der Waals surface area contributed by atoms with Crippen LogP contribution in [0.1, 0.15) is 38.7 Å². The minimum absolute atomic E-state index is 0.0652. The lowest BCUT2D eigenvalue weighted by Crippen LogP contribution is -2.46. The number of hydrogen-bond donors (Lipinski definition) is 1. The second-order valence-electron chi connectivity index (χ2n) is 10.0. The van der Waals surface area contributed by atoms with Gasteiger partial charge in [0.05, 0.1) is 6.61 Å². The van der Waals surface area contributed by atoms with Gasteiger partial charge in [0.2, 0.25) is 5.13 Å². The van der Waals surface area contributed by atoms with E-state index in [0.29, 0.717) is 30.1 Å². The summed E-state index contributed by atoms with van der Waals surface area (Å²) in [5.41, 5.74) is 0.289. The Bertz CT molecular complexity index is 1420. The summed E-state index contributed by atoms with van der Waals surface area (Å²) in [6.45, 7) is 5.95. The molecule has 3 aromatic rings. The first-order valence-electron chi connectivity index (χ1n) is 12.0. The minimum atomic E-state index is -4.45. The fourth-order valence-electron chi connectivity index (χ4n) is 4.25. The van der Waals surface area contributed by atoms with Gasteiger partial charge in [0.15, 0.2) is 11.6 Å². The van der Waals surface area contributed by atoms with Gasteiger partial charge in [-0.3, -0.25) is 4.72 Å². The molecule has 1 aromatic heterocycles. The highest BCUT2D eigenvalue weighted by Crippen LogP contribution is 2.35. The van der Waals surface area contributed by atoms with E-state index in [-0.39, 0.29) is 30.1 Å². The number of carbonyl (C=O) groups is 1. The van der Waals surface area contributed by atoms with Crippen LogP contribution in [0.5, 0.6) is 5.75 Å². The number of benzene rings is 2. The first kappa shape index (κ1) is 29.0. The van der Waals surface area contributed by atoms with Gasteiger partial charge in [-0.05, 0) is 50.8 Å². The van der Waals surface area contributed by atoms with Gasteiger partial charge in [-0.2, -0.15) is 4.37 Å². The van der Waals surface area contributed by atoms with E-state index in [1.165, 1.54) is 0 Å². The van der Waals surface area contributed by atoms with Crippen LogP contribution >= 0.6 is 23.1 Å². The topological polar surface area (TPSA) is 111 Å². The van der Waals surface area contributed by atoms with Gasteiger partial charge in [-0.15, -0.1) is 0 Å². The van der Waals surface area contributed by atoms with Gasteiger partial charge in [0, 0.05) is 47.7 Å². The monoisotopic (exact) mass is 600 g/mol. The Balaban J connectivity index is 1.54. The Labute approximate surface area is 234 Å². The second-order valence-corrected chi connectivity index (χ2v) is 12.9. The molecule has 14 heteroatoms. The Hall–Kier alpha value is -3.03. The zero-order valence-corrected chi connectivity index (χ0v) is 23.7. The summed E-state index contributed by atoms with van der Waals surface area (Å²) in [5.74, 6) is -3.08. The number of nitrogens with zero attached hydrogens (tertiary/aromatic N) is 3. The average Bonchev–Trinajstić information content (AvgIpc) is 3.36. The van der Waals surface area contributed by atoms with Gasteiger partial charge in [-0.1, -0.05) is 23.7 Å². The predicted molar refractivity (Wildman–Crippen MR) is 143 cm³/mol. The first-order chi connectivity index (χ1) is 18.3. The highest BCUT2D eigenvalue weighted by atomic mass is 35.5. The van der Waals surface area contributed by atoms with Crippen LogP contribution in [-0.4, -0.2) is 54.1 Å². The molecule has 1 N–H and O–H groups in total. The zero-order valence-electron chi connectivity index (χ0n) is 21.4. The Kier molecular flexibility index (Phi) is 8.62. The maximum absolute atomic E-state index is 14.9. The number of rotatable bonds is 7. The number of anilines is 1. The van der Waals surface area contributed by atoms with Crippen LogP contribution in [0.15, 0.2) is 47.6 Å². The summed E-state index contributed by atoms with van der Waals surface area (Å²) in [7, 11) is -4.45. The molecule has 1 fully saturated rings. The summed E-state index contributed by atoms with van der Waals surface area (Å²) in [6.07, 6.45) is 1.24. The SMILES string of the molecule is CC(C)(C)OC(=O)N1CCC(c2ccc(Cl)cc2)C(COc2cc(F)c(S(=O)(=O)Nc3ncns3)cc2F)C1. The third kappa shape index (κ3) is 7.34. The maximum Gasteiger partial charge on any atom is 0.410 e. The number of nitrogens with one attached hydrogen (secondary N) is 1. The van der Waals surface area contributed by atoms with Crippen molar-refractivity contribution in [3.05, 3.63) is 64.9 Å². The number of carbonyl (C=O) groups excluding carboxylic acids is 1. The number of ether oxygens (including phenoxy) is 2. The van der Waals surface area contributed by atoms with Crippen LogP contribution in [0.25, 0.3) is 0 Å². The van der Waals surface area contributed by atoms with E-state index in [4.69, 9.17) is 21.1 Å². The smallest absolute Gasteiger partial charge is 0.410 e. The molecule has 2 unspecified atom stereocenters. The molecule has 2 atom stereocenters. The van der Waals surface area contributed by atoms with Gasteiger partial charge in [0.1, 0.15) is 22.6 Å². The molecule has 0 aliphatic carbocycles. The molecule has 0 saturated carbocycles. The van der Waals surface area contributed by atoms with Crippen LogP contribution in [0, 0.1) is 17.6 Å². The Morgan fingerprint density at radius 1 is 1.21 bits per heavy atom. The van der Waals surface area contributed by atoms with Crippen molar-refractivity contribution >= 4 is 44.4 Å². The predicted octanol–water partition coefficient (Wildman–Crippen LogP) is 5.69. The molecule has 2 heterocycles. The number of likely N-dealkylation sites (tertiary alicyclic amines) is 1. The Morgan fingerprint density at radius 2 is 1.92 bits per heavy atom. The molecule has 9 nitrogen and oxygen atoms in total. The van der Waals surface area contributed by atoms with Crippen molar-refractivity contribution in [2.75, 3.05) is 24.4 Å². The van der Waals surface area contributed by atoms with Crippen LogP contribution in [0.4, 0.5) is 18.7 Å². The van der Waals surface area contributed by atoms with Gasteiger partial charge in [0.25, 0.3) is 10.0 Å². The van der Waals surface area contributed by atoms with Crippen molar-refractivity contribution in [2.45, 2.75) is 43.6 Å². The molecule has 1 aliphatic rings. The van der Waals surface area contributed by atoms with Crippen molar-refractivity contribution in [3.8, 4) is 5.75 Å². The van der Waals surface area contributed by atoms with E-state index in [1.807, 2.05) is 12.1 Å². The number of amides is 1. The van der Waals surface area contributed by atoms with E-state index < -0.39 is 44.0 Å². The fourth-order valence-corrected chi connectivity index (χ4v) is 6.11. The lowest BCUT2D eigenvalue weighted by atomic mass is 9.81. The number of hydrogen-bond acceptors (Lipinski definition) is 8. The summed E-state index contributed by atoms with van der Waals surface area (Å²) < 4.78 is 71.8. The standard InChI is InChI=1S/C25H27ClF2N4O5S2/c1-25(2,3)37-24(33)32-9-8-18(15-4-6-17(26)7-5-15)16(12-32)13-36-21-10-20(28)22(11-19(21)27)39(34,35)31-23-29-14-30-38-23/h4-7,10-11,14,16,18H,8-9,12-13H2,1-3H3,(H,29,30,31). The molecular formula is C25H27ClF2N4O5S2. The molecule has 210 valence electrons. The number of halogens is 3. The molecule has 1 saturated heterocycles. The molecule has 0 spiro atoms. The number of aromatic nitrogens is 2. The second kappa shape index (κ2) is 11.6. The van der Waals surface area contributed by atoms with E-state index in [1.54, 1.807) is 37.8 Å². The molecule has 1 amide bonds. The van der Waals surface area contributed by atoms with Crippen LogP contribution in [0.2, 0.25) is 5.02 Å².